The van der Waals surface area contributed by atoms with E-state index >= 15 is 0 Å². The molecule has 0 radical (unpaired) electrons. The number of hydrogen-bond donors (Lipinski definition) is 0. The first-order valence-electron chi connectivity index (χ1n) is 8.41. The van der Waals surface area contributed by atoms with Crippen LogP contribution in [0.2, 0.25) is 0 Å². The maximum atomic E-state index is 12.3. The van der Waals surface area contributed by atoms with Crippen LogP contribution in [0.3, 0.4) is 0 Å². The van der Waals surface area contributed by atoms with Crippen molar-refractivity contribution in [3.63, 3.8) is 0 Å². The second kappa shape index (κ2) is 7.70. The molecule has 0 N–H and O–H groups in total. The van der Waals surface area contributed by atoms with Crippen molar-refractivity contribution in [1.29, 1.82) is 0 Å². The number of thiophene rings is 1. The Morgan fingerprint density at radius 1 is 1.29 bits per heavy atom. The number of carbonyl (C=O) groups excluding carboxylic acids is 2. The fourth-order valence-electron chi connectivity index (χ4n) is 3.15. The first-order chi connectivity index (χ1) is 11.7. The molecule has 0 saturated carbocycles. The van der Waals surface area contributed by atoms with Gasteiger partial charge in [0.05, 0.1) is 4.88 Å². The summed E-state index contributed by atoms with van der Waals surface area (Å²) in [5.74, 6) is 1.53. The summed E-state index contributed by atoms with van der Waals surface area (Å²) >= 11 is 1.43. The second-order valence-electron chi connectivity index (χ2n) is 6.03. The van der Waals surface area contributed by atoms with Gasteiger partial charge in [0.2, 0.25) is 5.91 Å². The second-order valence-corrected chi connectivity index (χ2v) is 6.98. The number of hydrogen-bond acceptors (Lipinski definition) is 5. The topological polar surface area (TPSA) is 68.1 Å². The number of amides is 1. The van der Waals surface area contributed by atoms with Crippen LogP contribution in [0, 0.1) is 0 Å². The molecule has 3 rings (SSSR count). The molecular formula is C17H22N4O2S. The van der Waals surface area contributed by atoms with Gasteiger partial charge >= 0.3 is 0 Å². The molecule has 1 saturated heterocycles. The molecule has 24 heavy (non-hydrogen) atoms. The van der Waals surface area contributed by atoms with Crippen molar-refractivity contribution in [2.45, 2.75) is 45.1 Å². The molecular weight excluding hydrogens is 324 g/mol. The summed E-state index contributed by atoms with van der Waals surface area (Å²) in [5.41, 5.74) is 0. The highest BCUT2D eigenvalue weighted by molar-refractivity contribution is 7.12. The largest absolute Gasteiger partial charge is 0.343 e. The van der Waals surface area contributed by atoms with Gasteiger partial charge < -0.3 is 9.47 Å². The van der Waals surface area contributed by atoms with E-state index in [0.717, 1.165) is 43.2 Å². The lowest BCUT2D eigenvalue weighted by atomic mass is 9.95. The number of aromatic nitrogens is 3. The minimum absolute atomic E-state index is 0.0595. The van der Waals surface area contributed by atoms with Gasteiger partial charge in [-0.2, -0.15) is 0 Å². The van der Waals surface area contributed by atoms with Crippen LogP contribution in [0.5, 0.6) is 0 Å². The lowest BCUT2D eigenvalue weighted by molar-refractivity contribution is -0.132. The first kappa shape index (κ1) is 16.8. The van der Waals surface area contributed by atoms with Crippen molar-refractivity contribution < 1.29 is 9.59 Å². The minimum atomic E-state index is 0.0595. The van der Waals surface area contributed by atoms with Crippen molar-refractivity contribution in [2.75, 3.05) is 13.1 Å². The SMILES string of the molecule is CCn1cnnc1C1CCN(C(=O)CCC(=O)c2cccs2)CC1. The maximum absolute atomic E-state index is 12.3. The molecule has 0 aliphatic carbocycles. The highest BCUT2D eigenvalue weighted by Crippen LogP contribution is 2.27. The van der Waals surface area contributed by atoms with E-state index in [-0.39, 0.29) is 11.7 Å². The highest BCUT2D eigenvalue weighted by Gasteiger charge is 2.26. The molecule has 2 aromatic rings. The van der Waals surface area contributed by atoms with Gasteiger partial charge in [-0.25, -0.2) is 0 Å². The number of ketones is 1. The molecule has 1 aliphatic rings. The quantitative estimate of drug-likeness (QED) is 0.754. The summed E-state index contributed by atoms with van der Waals surface area (Å²) in [4.78, 5) is 26.9. The summed E-state index contributed by atoms with van der Waals surface area (Å²) in [6.45, 7) is 4.41. The van der Waals surface area contributed by atoms with E-state index in [0.29, 0.717) is 18.8 Å². The minimum Gasteiger partial charge on any atom is -0.343 e. The van der Waals surface area contributed by atoms with E-state index < -0.39 is 0 Å². The normalized spacial score (nSPS) is 15.6. The molecule has 2 aromatic heterocycles. The molecule has 0 aromatic carbocycles. The van der Waals surface area contributed by atoms with Crippen molar-refractivity contribution in [2.24, 2.45) is 0 Å². The van der Waals surface area contributed by atoms with E-state index in [9.17, 15) is 9.59 Å². The summed E-state index contributed by atoms with van der Waals surface area (Å²) < 4.78 is 2.07. The average Bonchev–Trinajstić information content (AvgIpc) is 3.30. The molecule has 1 aliphatic heterocycles. The van der Waals surface area contributed by atoms with Gasteiger partial charge in [-0.15, -0.1) is 21.5 Å². The number of nitrogens with zero attached hydrogens (tertiary/aromatic N) is 4. The Bertz CT molecular complexity index is 687. The van der Waals surface area contributed by atoms with Gasteiger partial charge in [-0.05, 0) is 31.2 Å². The van der Waals surface area contributed by atoms with Crippen LogP contribution >= 0.6 is 11.3 Å². The van der Waals surface area contributed by atoms with Crippen LogP contribution in [0.1, 0.15) is 54.0 Å². The van der Waals surface area contributed by atoms with Crippen LogP contribution in [-0.2, 0) is 11.3 Å². The number of Topliss-reactive ketones (excluding diaryl/α,β-unsaturated/α-hetero) is 1. The smallest absolute Gasteiger partial charge is 0.223 e. The predicted molar refractivity (Wildman–Crippen MR) is 92.1 cm³/mol. The fraction of sp³-hybridized carbons (Fsp3) is 0.529. The van der Waals surface area contributed by atoms with Gasteiger partial charge in [0.25, 0.3) is 0 Å². The van der Waals surface area contributed by atoms with Gasteiger partial charge in [0.1, 0.15) is 12.2 Å². The number of piperidine rings is 1. The summed E-state index contributed by atoms with van der Waals surface area (Å²) in [7, 11) is 0. The average molecular weight is 346 g/mol. The van der Waals surface area contributed by atoms with Gasteiger partial charge in [-0.3, -0.25) is 9.59 Å². The van der Waals surface area contributed by atoms with Crippen molar-refractivity contribution in [3.8, 4) is 0 Å². The third kappa shape index (κ3) is 3.72. The van der Waals surface area contributed by atoms with Crippen LogP contribution in [0.25, 0.3) is 0 Å². The third-order valence-electron chi connectivity index (χ3n) is 4.56. The van der Waals surface area contributed by atoms with Crippen molar-refractivity contribution >= 4 is 23.0 Å². The number of aryl methyl sites for hydroxylation is 1. The lowest BCUT2D eigenvalue weighted by Crippen LogP contribution is -2.38. The predicted octanol–water partition coefficient (Wildman–Crippen LogP) is 2.73. The zero-order valence-electron chi connectivity index (χ0n) is 13.9. The van der Waals surface area contributed by atoms with Crippen LogP contribution in [0.15, 0.2) is 23.8 Å². The molecule has 0 spiro atoms. The van der Waals surface area contributed by atoms with Gasteiger partial charge in [-0.1, -0.05) is 6.07 Å². The molecule has 1 fully saturated rings. The molecule has 0 bridgehead atoms. The molecule has 6 nitrogen and oxygen atoms in total. The molecule has 0 atom stereocenters. The standard InChI is InChI=1S/C17H22N4O2S/c1-2-20-12-18-19-17(20)13-7-9-21(10-8-13)16(23)6-5-14(22)15-4-3-11-24-15/h3-4,11-13H,2,5-10H2,1H3. The van der Waals surface area contributed by atoms with Crippen LogP contribution in [-0.4, -0.2) is 44.4 Å². The maximum Gasteiger partial charge on any atom is 0.223 e. The molecule has 128 valence electrons. The number of rotatable bonds is 6. The Morgan fingerprint density at radius 3 is 2.75 bits per heavy atom. The van der Waals surface area contributed by atoms with E-state index in [1.807, 2.05) is 22.4 Å². The Morgan fingerprint density at radius 2 is 2.08 bits per heavy atom. The van der Waals surface area contributed by atoms with E-state index in [4.69, 9.17) is 0 Å². The fourth-order valence-corrected chi connectivity index (χ4v) is 3.84. The Labute approximate surface area is 145 Å². The summed E-state index contributed by atoms with van der Waals surface area (Å²) in [6, 6.07) is 3.67. The first-order valence-corrected chi connectivity index (χ1v) is 9.29. The zero-order chi connectivity index (χ0) is 16.9. The molecule has 7 heteroatoms. The Balaban J connectivity index is 1.47. The van der Waals surface area contributed by atoms with E-state index in [2.05, 4.69) is 21.7 Å². The van der Waals surface area contributed by atoms with Crippen molar-refractivity contribution in [1.82, 2.24) is 19.7 Å². The zero-order valence-corrected chi connectivity index (χ0v) is 14.7. The van der Waals surface area contributed by atoms with E-state index in [1.54, 1.807) is 6.33 Å². The van der Waals surface area contributed by atoms with Crippen LogP contribution < -0.4 is 0 Å². The van der Waals surface area contributed by atoms with Gasteiger partial charge in [0, 0.05) is 38.4 Å². The third-order valence-corrected chi connectivity index (χ3v) is 5.47. The van der Waals surface area contributed by atoms with Crippen molar-refractivity contribution in [3.05, 3.63) is 34.5 Å². The van der Waals surface area contributed by atoms with Crippen LogP contribution in [0.4, 0.5) is 0 Å². The Hall–Kier alpha value is -2.02. The highest BCUT2D eigenvalue weighted by atomic mass is 32.1. The number of carbonyl (C=O) groups is 2. The molecule has 1 amide bonds. The lowest BCUT2D eigenvalue weighted by Gasteiger charge is -2.31. The summed E-state index contributed by atoms with van der Waals surface area (Å²) in [6.07, 6.45) is 4.17. The molecule has 3 heterocycles. The molecule has 0 unspecified atom stereocenters. The monoisotopic (exact) mass is 346 g/mol. The van der Waals surface area contributed by atoms with Gasteiger partial charge in [0.15, 0.2) is 5.78 Å². The summed E-state index contributed by atoms with van der Waals surface area (Å²) in [5, 5.41) is 10.1. The Kier molecular flexibility index (Phi) is 5.40. The van der Waals surface area contributed by atoms with E-state index in [1.165, 1.54) is 11.3 Å². The number of likely N-dealkylation sites (tertiary alicyclic amines) is 1.